The zero-order valence-electron chi connectivity index (χ0n) is 24.8. The van der Waals surface area contributed by atoms with Gasteiger partial charge in [0.25, 0.3) is 0 Å². The van der Waals surface area contributed by atoms with Crippen molar-refractivity contribution in [3.8, 4) is 0 Å². The Morgan fingerprint density at radius 1 is 0.500 bits per heavy atom. The fourth-order valence-electron chi connectivity index (χ4n) is 6.86. The van der Waals surface area contributed by atoms with Gasteiger partial charge in [-0.1, -0.05) is 133 Å². The van der Waals surface area contributed by atoms with Gasteiger partial charge < -0.3 is 5.11 Å². The zero-order valence-corrected chi connectivity index (χ0v) is 25.6. The van der Waals surface area contributed by atoms with Gasteiger partial charge in [-0.25, -0.2) is 0 Å². The number of halogens is 1. The molecule has 5 atom stereocenters. The molecule has 228 valence electrons. The average Bonchev–Trinajstić information content (AvgIpc) is 3.11. The maximum absolute atomic E-state index is 14.8. The molecule has 0 saturated heterocycles. The zero-order chi connectivity index (χ0) is 32.3. The molecule has 1 aliphatic rings. The maximum Gasteiger partial charge on any atom is 0.169 e. The summed E-state index contributed by atoms with van der Waals surface area (Å²) in [4.78, 5) is 58.7. The van der Waals surface area contributed by atoms with Crippen molar-refractivity contribution >= 4 is 34.7 Å². The minimum absolute atomic E-state index is 0.252. The van der Waals surface area contributed by atoms with Gasteiger partial charge in [0.05, 0.1) is 5.92 Å². The highest BCUT2D eigenvalue weighted by atomic mass is 35.5. The van der Waals surface area contributed by atoms with E-state index in [0.717, 1.165) is 0 Å². The summed E-state index contributed by atoms with van der Waals surface area (Å²) in [5.74, 6) is -7.06. The first-order valence-corrected chi connectivity index (χ1v) is 15.5. The van der Waals surface area contributed by atoms with E-state index in [4.69, 9.17) is 11.6 Å². The van der Waals surface area contributed by atoms with E-state index in [1.54, 1.807) is 146 Å². The second kappa shape index (κ2) is 13.2. The Kier molecular flexibility index (Phi) is 8.89. The van der Waals surface area contributed by atoms with Gasteiger partial charge in [-0.3, -0.25) is 19.2 Å². The first kappa shape index (κ1) is 31.0. The molecule has 5 aromatic rings. The largest absolute Gasteiger partial charge is 0.384 e. The Morgan fingerprint density at radius 3 is 1.39 bits per heavy atom. The highest BCUT2D eigenvalue weighted by molar-refractivity contribution is 6.30. The smallest absolute Gasteiger partial charge is 0.169 e. The summed E-state index contributed by atoms with van der Waals surface area (Å²) in [5.41, 5.74) is -0.431. The van der Waals surface area contributed by atoms with Gasteiger partial charge in [0, 0.05) is 45.0 Å². The van der Waals surface area contributed by atoms with Gasteiger partial charge >= 0.3 is 0 Å². The minimum atomic E-state index is -1.98. The van der Waals surface area contributed by atoms with E-state index in [-0.39, 0.29) is 17.5 Å². The Hall–Kier alpha value is -4.97. The minimum Gasteiger partial charge on any atom is -0.384 e. The third kappa shape index (κ3) is 5.87. The molecule has 1 fully saturated rings. The Labute approximate surface area is 272 Å². The molecule has 0 aromatic heterocycles. The van der Waals surface area contributed by atoms with Crippen molar-refractivity contribution < 1.29 is 24.3 Å². The van der Waals surface area contributed by atoms with Crippen molar-refractivity contribution in [1.82, 2.24) is 0 Å². The lowest BCUT2D eigenvalue weighted by atomic mass is 9.52. The Balaban J connectivity index is 1.64. The fraction of sp³-hybridized carbons (Fsp3) is 0.150. The predicted molar refractivity (Wildman–Crippen MR) is 177 cm³/mol. The number of hydrogen-bond acceptors (Lipinski definition) is 5. The molecule has 1 aliphatic carbocycles. The van der Waals surface area contributed by atoms with E-state index in [9.17, 15) is 24.3 Å². The molecule has 5 unspecified atom stereocenters. The molecule has 6 rings (SSSR count). The van der Waals surface area contributed by atoms with Crippen LogP contribution in [0, 0.1) is 23.7 Å². The lowest BCUT2D eigenvalue weighted by Crippen LogP contribution is -2.58. The van der Waals surface area contributed by atoms with Gasteiger partial charge in [-0.2, -0.15) is 0 Å². The van der Waals surface area contributed by atoms with Crippen LogP contribution in [0.25, 0.3) is 0 Å². The van der Waals surface area contributed by atoms with Crippen LogP contribution in [0.5, 0.6) is 0 Å². The second-order valence-electron chi connectivity index (χ2n) is 11.7. The summed E-state index contributed by atoms with van der Waals surface area (Å²) in [7, 11) is 0. The Bertz CT molecular complexity index is 1860. The summed E-state index contributed by atoms with van der Waals surface area (Å²) < 4.78 is 0. The van der Waals surface area contributed by atoms with E-state index >= 15 is 0 Å². The van der Waals surface area contributed by atoms with Crippen molar-refractivity contribution in [3.63, 3.8) is 0 Å². The Morgan fingerprint density at radius 2 is 0.891 bits per heavy atom. The molecule has 0 heterocycles. The molecule has 1 N–H and O–H groups in total. The number of carbonyl (C=O) groups excluding carboxylic acids is 4. The molecule has 5 aromatic carbocycles. The number of aliphatic hydroxyl groups is 1. The van der Waals surface area contributed by atoms with Gasteiger partial charge in [-0.15, -0.1) is 0 Å². The van der Waals surface area contributed by atoms with Crippen LogP contribution in [0.3, 0.4) is 0 Å². The van der Waals surface area contributed by atoms with Gasteiger partial charge in [0.2, 0.25) is 0 Å². The van der Waals surface area contributed by atoms with Gasteiger partial charge in [-0.05, 0) is 36.2 Å². The number of Topliss-reactive ketones (excluding diaryl/α,β-unsaturated/α-hetero) is 4. The van der Waals surface area contributed by atoms with Crippen molar-refractivity contribution in [2.75, 3.05) is 0 Å². The molecule has 5 nitrogen and oxygen atoms in total. The lowest BCUT2D eigenvalue weighted by Gasteiger charge is -2.50. The molecule has 0 amide bonds. The average molecular weight is 627 g/mol. The van der Waals surface area contributed by atoms with E-state index in [1.807, 2.05) is 0 Å². The molecular weight excluding hydrogens is 596 g/mol. The lowest BCUT2D eigenvalue weighted by molar-refractivity contribution is -0.0846. The fourth-order valence-corrected chi connectivity index (χ4v) is 6.99. The third-order valence-electron chi connectivity index (χ3n) is 9.03. The van der Waals surface area contributed by atoms with Crippen molar-refractivity contribution in [3.05, 3.63) is 178 Å². The van der Waals surface area contributed by atoms with Gasteiger partial charge in [0.1, 0.15) is 5.60 Å². The molecule has 0 aliphatic heterocycles. The van der Waals surface area contributed by atoms with Crippen molar-refractivity contribution in [2.24, 2.45) is 23.7 Å². The first-order valence-electron chi connectivity index (χ1n) is 15.1. The number of rotatable bonds is 9. The van der Waals surface area contributed by atoms with Crippen LogP contribution in [0.15, 0.2) is 146 Å². The maximum atomic E-state index is 14.8. The highest BCUT2D eigenvalue weighted by Gasteiger charge is 2.61. The quantitative estimate of drug-likeness (QED) is 0.168. The van der Waals surface area contributed by atoms with E-state index in [1.165, 1.54) is 0 Å². The molecule has 46 heavy (non-hydrogen) atoms. The summed E-state index contributed by atoms with van der Waals surface area (Å²) >= 11 is 6.16. The summed E-state index contributed by atoms with van der Waals surface area (Å²) in [5, 5.41) is 13.3. The SMILES string of the molecule is O=C(c1ccccc1)C1CC(O)(c2ccccc2)C(C(=O)c2ccccc2)C(C(=O)c2ccccc2)C1C(=O)c1ccc(Cl)cc1. The van der Waals surface area contributed by atoms with E-state index in [2.05, 4.69) is 0 Å². The van der Waals surface area contributed by atoms with Crippen LogP contribution >= 0.6 is 11.6 Å². The van der Waals surface area contributed by atoms with Crippen LogP contribution in [-0.4, -0.2) is 28.2 Å². The van der Waals surface area contributed by atoms with Gasteiger partial charge in [0.15, 0.2) is 23.1 Å². The van der Waals surface area contributed by atoms with Crippen molar-refractivity contribution in [2.45, 2.75) is 12.0 Å². The number of carbonyl (C=O) groups is 4. The van der Waals surface area contributed by atoms with Crippen LogP contribution in [-0.2, 0) is 5.60 Å². The number of benzene rings is 5. The standard InChI is InChI=1S/C40H31ClO5/c41-31-23-21-29(22-24-31)37(43)33-32(36(42)26-13-5-1-6-14-26)25-40(46,30-19-11-4-12-20-30)35(39(45)28-17-9-3-10-18-28)34(33)38(44)27-15-7-2-8-16-27/h1-24,32-35,46H,25H2. The first-order chi connectivity index (χ1) is 22.3. The molecule has 0 bridgehead atoms. The predicted octanol–water partition coefficient (Wildman–Crippen LogP) is 7.93. The molecule has 0 spiro atoms. The van der Waals surface area contributed by atoms with E-state index in [0.29, 0.717) is 21.7 Å². The summed E-state index contributed by atoms with van der Waals surface area (Å²) in [6.07, 6.45) is -0.253. The third-order valence-corrected chi connectivity index (χ3v) is 9.28. The molecular formula is C40H31ClO5. The van der Waals surface area contributed by atoms with E-state index < -0.39 is 52.4 Å². The van der Waals surface area contributed by atoms with Crippen LogP contribution in [0.2, 0.25) is 5.02 Å². The topological polar surface area (TPSA) is 88.5 Å². The molecule has 1 saturated carbocycles. The second-order valence-corrected chi connectivity index (χ2v) is 12.1. The highest BCUT2D eigenvalue weighted by Crippen LogP contribution is 2.53. The number of hydrogen-bond donors (Lipinski definition) is 1. The van der Waals surface area contributed by atoms with Crippen LogP contribution in [0.1, 0.15) is 53.4 Å². The molecule has 0 radical (unpaired) electrons. The summed E-state index contributed by atoms with van der Waals surface area (Å²) in [6, 6.07) is 40.4. The molecule has 6 heteroatoms. The van der Waals surface area contributed by atoms with Crippen LogP contribution in [0.4, 0.5) is 0 Å². The summed E-state index contributed by atoms with van der Waals surface area (Å²) in [6.45, 7) is 0. The normalized spacial score (nSPS) is 22.5. The number of ketones is 4. The van der Waals surface area contributed by atoms with Crippen LogP contribution < -0.4 is 0 Å². The monoisotopic (exact) mass is 626 g/mol. The van der Waals surface area contributed by atoms with Crippen molar-refractivity contribution in [1.29, 1.82) is 0 Å².